The molecule has 2 amide bonds. The number of amides is 2. The summed E-state index contributed by atoms with van der Waals surface area (Å²) in [6, 6.07) is 30.3. The van der Waals surface area contributed by atoms with Gasteiger partial charge in [-0.25, -0.2) is 0 Å². The van der Waals surface area contributed by atoms with E-state index in [1.54, 1.807) is 12.4 Å². The SMILES string of the molecule is Cc1ccc(NC(=O)c2c(-c3cnc4ccccc4c3C(=O)Nc3ccc(C)cc3)cnc3ccccc23)cc1. The number of aryl methyl sites for hydroxylation is 2. The van der Waals surface area contributed by atoms with E-state index in [-0.39, 0.29) is 11.8 Å². The molecule has 2 aromatic heterocycles. The van der Waals surface area contributed by atoms with Gasteiger partial charge in [-0.15, -0.1) is 0 Å². The fourth-order valence-corrected chi connectivity index (χ4v) is 4.84. The molecule has 0 aliphatic heterocycles. The molecular formula is C34H26N4O2. The number of carbonyl (C=O) groups is 2. The number of carbonyl (C=O) groups excluding carboxylic acids is 2. The predicted octanol–water partition coefficient (Wildman–Crippen LogP) is 7.57. The molecule has 0 aliphatic rings. The number of hydrogen-bond acceptors (Lipinski definition) is 4. The van der Waals surface area contributed by atoms with Gasteiger partial charge in [0, 0.05) is 45.7 Å². The van der Waals surface area contributed by atoms with Crippen LogP contribution in [0.25, 0.3) is 32.9 Å². The Morgan fingerprint density at radius 3 is 1.30 bits per heavy atom. The minimum Gasteiger partial charge on any atom is -0.322 e. The van der Waals surface area contributed by atoms with E-state index < -0.39 is 0 Å². The monoisotopic (exact) mass is 522 g/mol. The molecule has 194 valence electrons. The largest absolute Gasteiger partial charge is 0.322 e. The zero-order chi connectivity index (χ0) is 27.6. The zero-order valence-corrected chi connectivity index (χ0v) is 22.1. The number of nitrogens with zero attached hydrogens (tertiary/aromatic N) is 2. The number of anilines is 2. The van der Waals surface area contributed by atoms with Crippen LogP contribution in [0.2, 0.25) is 0 Å². The third-order valence-electron chi connectivity index (χ3n) is 6.91. The van der Waals surface area contributed by atoms with Gasteiger partial charge in [-0.3, -0.25) is 19.6 Å². The summed E-state index contributed by atoms with van der Waals surface area (Å²) in [4.78, 5) is 37.1. The molecule has 0 radical (unpaired) electrons. The number of aromatic nitrogens is 2. The first-order valence-corrected chi connectivity index (χ1v) is 13.0. The summed E-state index contributed by atoms with van der Waals surface area (Å²) in [6.45, 7) is 3.99. The molecule has 4 aromatic carbocycles. The average molecular weight is 523 g/mol. The van der Waals surface area contributed by atoms with Crippen LogP contribution >= 0.6 is 0 Å². The van der Waals surface area contributed by atoms with Crippen molar-refractivity contribution >= 4 is 45.0 Å². The second kappa shape index (κ2) is 10.4. The second-order valence-corrected chi connectivity index (χ2v) is 9.77. The van der Waals surface area contributed by atoms with E-state index in [4.69, 9.17) is 0 Å². The maximum atomic E-state index is 13.9. The summed E-state index contributed by atoms with van der Waals surface area (Å²) in [5.41, 5.74) is 6.80. The molecule has 0 saturated heterocycles. The maximum Gasteiger partial charge on any atom is 0.257 e. The van der Waals surface area contributed by atoms with Gasteiger partial charge in [0.1, 0.15) is 0 Å². The lowest BCUT2D eigenvalue weighted by Gasteiger charge is -2.17. The average Bonchev–Trinajstić information content (AvgIpc) is 2.98. The van der Waals surface area contributed by atoms with Crippen LogP contribution in [0.15, 0.2) is 109 Å². The van der Waals surface area contributed by atoms with Crippen molar-refractivity contribution in [2.24, 2.45) is 0 Å². The van der Waals surface area contributed by atoms with Crippen molar-refractivity contribution in [2.45, 2.75) is 13.8 Å². The van der Waals surface area contributed by atoms with E-state index in [1.807, 2.05) is 111 Å². The minimum absolute atomic E-state index is 0.296. The Balaban J connectivity index is 1.55. The first-order valence-electron chi connectivity index (χ1n) is 13.0. The van der Waals surface area contributed by atoms with Crippen molar-refractivity contribution in [1.29, 1.82) is 0 Å². The van der Waals surface area contributed by atoms with Crippen LogP contribution in [0.3, 0.4) is 0 Å². The molecular weight excluding hydrogens is 496 g/mol. The molecule has 2 N–H and O–H groups in total. The zero-order valence-electron chi connectivity index (χ0n) is 22.1. The molecule has 2 heterocycles. The molecule has 6 aromatic rings. The number of nitrogens with one attached hydrogen (secondary N) is 2. The first-order chi connectivity index (χ1) is 19.5. The van der Waals surface area contributed by atoms with E-state index in [2.05, 4.69) is 20.6 Å². The smallest absolute Gasteiger partial charge is 0.257 e. The summed E-state index contributed by atoms with van der Waals surface area (Å²) >= 11 is 0. The number of benzene rings is 4. The van der Waals surface area contributed by atoms with Crippen LogP contribution in [0, 0.1) is 13.8 Å². The first kappa shape index (κ1) is 24.9. The standard InChI is InChI=1S/C34H26N4O2/c1-21-11-15-23(16-12-21)37-33(39)31-25-7-3-5-9-29(25)35-19-27(31)28-20-36-30-10-6-4-8-26(30)32(28)34(40)38-24-17-13-22(2)14-18-24/h3-20H,1-2H3,(H,37,39)(H,38,40). The lowest BCUT2D eigenvalue weighted by atomic mass is 9.92. The predicted molar refractivity (Wildman–Crippen MR) is 161 cm³/mol. The highest BCUT2D eigenvalue weighted by atomic mass is 16.2. The van der Waals surface area contributed by atoms with Gasteiger partial charge in [0.15, 0.2) is 0 Å². The summed E-state index contributed by atoms with van der Waals surface area (Å²) in [5.74, 6) is -0.592. The van der Waals surface area contributed by atoms with Crippen LogP contribution in [-0.4, -0.2) is 21.8 Å². The van der Waals surface area contributed by atoms with Gasteiger partial charge in [-0.1, -0.05) is 71.8 Å². The molecule has 0 spiro atoms. The van der Waals surface area contributed by atoms with Crippen molar-refractivity contribution in [3.05, 3.63) is 132 Å². The minimum atomic E-state index is -0.296. The van der Waals surface area contributed by atoms with E-state index in [1.165, 1.54) is 0 Å². The van der Waals surface area contributed by atoms with E-state index in [9.17, 15) is 9.59 Å². The van der Waals surface area contributed by atoms with Crippen LogP contribution < -0.4 is 10.6 Å². The topological polar surface area (TPSA) is 84.0 Å². The van der Waals surface area contributed by atoms with Gasteiger partial charge in [-0.2, -0.15) is 0 Å². The Hall–Kier alpha value is -5.36. The fourth-order valence-electron chi connectivity index (χ4n) is 4.84. The van der Waals surface area contributed by atoms with Crippen molar-refractivity contribution in [3.8, 4) is 11.1 Å². The third kappa shape index (κ3) is 4.78. The van der Waals surface area contributed by atoms with E-state index in [0.717, 1.165) is 11.1 Å². The highest BCUT2D eigenvalue weighted by Gasteiger charge is 2.24. The molecule has 0 bridgehead atoms. The van der Waals surface area contributed by atoms with Crippen LogP contribution in [0.1, 0.15) is 31.8 Å². The summed E-state index contributed by atoms with van der Waals surface area (Å²) in [7, 11) is 0. The number of pyridine rings is 2. The van der Waals surface area contributed by atoms with Gasteiger partial charge in [0.05, 0.1) is 22.2 Å². The Kier molecular flexibility index (Phi) is 6.50. The summed E-state index contributed by atoms with van der Waals surface area (Å²) in [5, 5.41) is 7.43. The van der Waals surface area contributed by atoms with Gasteiger partial charge < -0.3 is 10.6 Å². The van der Waals surface area contributed by atoms with Gasteiger partial charge in [0.25, 0.3) is 11.8 Å². The lowest BCUT2D eigenvalue weighted by molar-refractivity contribution is 0.101. The van der Waals surface area contributed by atoms with Crippen LogP contribution in [-0.2, 0) is 0 Å². The molecule has 0 fully saturated rings. The third-order valence-corrected chi connectivity index (χ3v) is 6.91. The summed E-state index contributed by atoms with van der Waals surface area (Å²) < 4.78 is 0. The number of hydrogen-bond donors (Lipinski definition) is 2. The van der Waals surface area contributed by atoms with Gasteiger partial charge in [-0.05, 0) is 50.2 Å². The molecule has 6 rings (SSSR count). The second-order valence-electron chi connectivity index (χ2n) is 9.77. The molecule has 0 atom stereocenters. The highest BCUT2D eigenvalue weighted by molar-refractivity contribution is 6.21. The lowest BCUT2D eigenvalue weighted by Crippen LogP contribution is -2.17. The highest BCUT2D eigenvalue weighted by Crippen LogP contribution is 2.35. The van der Waals surface area contributed by atoms with E-state index in [0.29, 0.717) is 55.4 Å². The van der Waals surface area contributed by atoms with Crippen molar-refractivity contribution < 1.29 is 9.59 Å². The maximum absolute atomic E-state index is 13.9. The van der Waals surface area contributed by atoms with Crippen LogP contribution in [0.5, 0.6) is 0 Å². The quantitative estimate of drug-likeness (QED) is 0.245. The van der Waals surface area contributed by atoms with E-state index >= 15 is 0 Å². The molecule has 6 heteroatoms. The number of fused-ring (bicyclic) bond motifs is 2. The fraction of sp³-hybridized carbons (Fsp3) is 0.0588. The molecule has 6 nitrogen and oxygen atoms in total. The van der Waals surface area contributed by atoms with Crippen molar-refractivity contribution in [2.75, 3.05) is 10.6 Å². The Morgan fingerprint density at radius 2 is 0.900 bits per heavy atom. The normalized spacial score (nSPS) is 10.9. The Bertz CT molecular complexity index is 1750. The molecule has 0 unspecified atom stereocenters. The number of para-hydroxylation sites is 2. The van der Waals surface area contributed by atoms with Gasteiger partial charge in [0.2, 0.25) is 0 Å². The van der Waals surface area contributed by atoms with Gasteiger partial charge >= 0.3 is 0 Å². The molecule has 0 aliphatic carbocycles. The Labute approximate surface area is 231 Å². The van der Waals surface area contributed by atoms with Crippen molar-refractivity contribution in [1.82, 2.24) is 9.97 Å². The van der Waals surface area contributed by atoms with Crippen molar-refractivity contribution in [3.63, 3.8) is 0 Å². The number of rotatable bonds is 5. The Morgan fingerprint density at radius 1 is 0.525 bits per heavy atom. The molecule has 0 saturated carbocycles. The summed E-state index contributed by atoms with van der Waals surface area (Å²) in [6.07, 6.45) is 3.31. The van der Waals surface area contributed by atoms with Crippen LogP contribution in [0.4, 0.5) is 11.4 Å². The molecule has 40 heavy (non-hydrogen) atoms.